The van der Waals surface area contributed by atoms with E-state index in [1.54, 1.807) is 6.20 Å². The summed E-state index contributed by atoms with van der Waals surface area (Å²) < 4.78 is 23.3. The van der Waals surface area contributed by atoms with E-state index in [2.05, 4.69) is 9.97 Å². The third-order valence-electron chi connectivity index (χ3n) is 2.79. The Bertz CT molecular complexity index is 530. The highest BCUT2D eigenvalue weighted by Crippen LogP contribution is 2.26. The maximum atomic E-state index is 7.76. The van der Waals surface area contributed by atoms with Crippen molar-refractivity contribution in [2.75, 3.05) is 0 Å². The average molecular weight is 204 g/mol. The van der Waals surface area contributed by atoms with E-state index < -0.39 is 12.8 Å². The molecule has 2 rings (SSSR count). The van der Waals surface area contributed by atoms with Crippen LogP contribution in [-0.2, 0) is 0 Å². The summed E-state index contributed by atoms with van der Waals surface area (Å²) in [5.74, 6) is -0.653. The predicted molar refractivity (Wildman–Crippen MR) is 62.0 cm³/mol. The Labute approximate surface area is 94.6 Å². The van der Waals surface area contributed by atoms with Crippen LogP contribution in [0, 0.1) is 13.8 Å². The smallest absolute Gasteiger partial charge is 0.0921 e. The zero-order valence-electron chi connectivity index (χ0n) is 11.9. The van der Waals surface area contributed by atoms with E-state index >= 15 is 0 Å². The summed E-state index contributed by atoms with van der Waals surface area (Å²) in [6, 6.07) is 5.76. The standard InChI is InChI=1S/C13H16N2/c1-9-5-4-6-12(10(9)2)11(3)13-7-14-8-15-13/h4-8,11H,1-3H3,(H,14,15)/t11-/m0/s1/i3+1D3. The number of imidazole rings is 1. The predicted octanol–water partition coefficient (Wildman–Crippen LogP) is 3.18. The number of benzene rings is 1. The number of nitrogens with one attached hydrogen (secondary N) is 1. The van der Waals surface area contributed by atoms with Gasteiger partial charge in [-0.05, 0) is 30.5 Å². The van der Waals surface area contributed by atoms with Gasteiger partial charge in [-0.2, -0.15) is 0 Å². The SMILES string of the molecule is [2H][13C]([2H])([2H])[C@H](c1cnc[nH]1)c1cccc(C)c1C. The number of rotatable bonds is 2. The van der Waals surface area contributed by atoms with Gasteiger partial charge >= 0.3 is 0 Å². The van der Waals surface area contributed by atoms with E-state index in [0.29, 0.717) is 5.69 Å². The van der Waals surface area contributed by atoms with Gasteiger partial charge in [-0.15, -0.1) is 0 Å². The van der Waals surface area contributed by atoms with Crippen molar-refractivity contribution in [2.45, 2.75) is 26.6 Å². The highest BCUT2D eigenvalue weighted by Gasteiger charge is 2.12. The van der Waals surface area contributed by atoms with Crippen LogP contribution in [0.15, 0.2) is 30.7 Å². The summed E-state index contributed by atoms with van der Waals surface area (Å²) in [5, 5.41) is 0. The first-order valence-corrected chi connectivity index (χ1v) is 4.95. The van der Waals surface area contributed by atoms with Crippen molar-refractivity contribution in [1.29, 1.82) is 0 Å². The molecule has 0 radical (unpaired) electrons. The van der Waals surface area contributed by atoms with Crippen LogP contribution in [0.25, 0.3) is 0 Å². The summed E-state index contributed by atoms with van der Waals surface area (Å²) in [7, 11) is 0. The molecule has 1 atom stereocenters. The third-order valence-corrected chi connectivity index (χ3v) is 2.79. The molecule has 0 fully saturated rings. The van der Waals surface area contributed by atoms with Crippen LogP contribution in [0.5, 0.6) is 0 Å². The van der Waals surface area contributed by atoms with Gasteiger partial charge in [0.05, 0.1) is 6.33 Å². The Morgan fingerprint density at radius 1 is 1.40 bits per heavy atom. The molecule has 0 bridgehead atoms. The molecule has 0 saturated carbocycles. The second-order valence-electron chi connectivity index (χ2n) is 3.73. The number of aromatic amines is 1. The quantitative estimate of drug-likeness (QED) is 0.748. The Morgan fingerprint density at radius 3 is 2.93 bits per heavy atom. The molecule has 15 heavy (non-hydrogen) atoms. The second kappa shape index (κ2) is 3.89. The summed E-state index contributed by atoms with van der Waals surface area (Å²) in [6.45, 7) is 1.85. The average Bonchev–Trinajstić information content (AvgIpc) is 2.76. The van der Waals surface area contributed by atoms with Gasteiger partial charge in [-0.3, -0.25) is 0 Å². The van der Waals surface area contributed by atoms with Gasteiger partial charge in [-0.25, -0.2) is 4.98 Å². The fraction of sp³-hybridized carbons (Fsp3) is 0.308. The van der Waals surface area contributed by atoms with Crippen molar-refractivity contribution >= 4 is 0 Å². The van der Waals surface area contributed by atoms with E-state index in [1.807, 2.05) is 32.0 Å². The molecular weight excluding hydrogens is 185 g/mol. The van der Waals surface area contributed by atoms with Crippen molar-refractivity contribution in [3.63, 3.8) is 0 Å². The molecule has 1 aromatic carbocycles. The van der Waals surface area contributed by atoms with Crippen LogP contribution in [0.3, 0.4) is 0 Å². The molecule has 0 aliphatic carbocycles. The van der Waals surface area contributed by atoms with Crippen LogP contribution in [0.4, 0.5) is 0 Å². The van der Waals surface area contributed by atoms with E-state index in [0.717, 1.165) is 16.7 Å². The molecule has 0 aliphatic heterocycles. The molecule has 0 saturated heterocycles. The Kier molecular flexibility index (Phi) is 1.77. The minimum Gasteiger partial charge on any atom is -0.348 e. The highest BCUT2D eigenvalue weighted by molar-refractivity contribution is 5.38. The first-order chi connectivity index (χ1) is 8.41. The molecule has 2 aromatic rings. The molecule has 1 aromatic heterocycles. The molecule has 1 heterocycles. The fourth-order valence-corrected chi connectivity index (χ4v) is 1.68. The molecule has 0 amide bonds. The molecule has 2 nitrogen and oxygen atoms in total. The highest BCUT2D eigenvalue weighted by atomic mass is 14.9. The van der Waals surface area contributed by atoms with Gasteiger partial charge in [0.2, 0.25) is 0 Å². The van der Waals surface area contributed by atoms with Gasteiger partial charge in [0.1, 0.15) is 0 Å². The number of aromatic nitrogens is 2. The minimum atomic E-state index is -2.09. The molecule has 0 spiro atoms. The number of aryl methyl sites for hydroxylation is 1. The van der Waals surface area contributed by atoms with Gasteiger partial charge in [0.25, 0.3) is 0 Å². The molecular formula is C13H16N2. The Hall–Kier alpha value is -1.57. The van der Waals surface area contributed by atoms with Gasteiger partial charge in [0.15, 0.2) is 0 Å². The first-order valence-electron chi connectivity index (χ1n) is 6.45. The monoisotopic (exact) mass is 204 g/mol. The van der Waals surface area contributed by atoms with Crippen LogP contribution >= 0.6 is 0 Å². The largest absolute Gasteiger partial charge is 0.348 e. The zero-order chi connectivity index (χ0) is 13.3. The summed E-state index contributed by atoms with van der Waals surface area (Å²) in [6.07, 6.45) is 3.10. The number of H-pyrrole nitrogens is 1. The van der Waals surface area contributed by atoms with Gasteiger partial charge in [0, 0.05) is 21.9 Å². The Balaban J connectivity index is 2.58. The van der Waals surface area contributed by atoms with Crippen LogP contribution in [-0.4, -0.2) is 9.97 Å². The van der Waals surface area contributed by atoms with Crippen LogP contribution in [0.1, 0.15) is 39.3 Å². The fourth-order valence-electron chi connectivity index (χ4n) is 1.68. The topological polar surface area (TPSA) is 28.7 Å². The lowest BCUT2D eigenvalue weighted by Crippen LogP contribution is -2.00. The van der Waals surface area contributed by atoms with Crippen molar-refractivity contribution in [2.24, 2.45) is 0 Å². The van der Waals surface area contributed by atoms with Crippen LogP contribution < -0.4 is 0 Å². The van der Waals surface area contributed by atoms with Gasteiger partial charge < -0.3 is 4.98 Å². The summed E-state index contributed by atoms with van der Waals surface area (Å²) in [5.41, 5.74) is 3.58. The maximum absolute atomic E-state index is 7.76. The number of hydrogen-bond donors (Lipinski definition) is 1. The first kappa shape index (κ1) is 6.83. The molecule has 2 heteroatoms. The maximum Gasteiger partial charge on any atom is 0.0921 e. The molecule has 0 unspecified atom stereocenters. The van der Waals surface area contributed by atoms with Crippen LogP contribution in [0.2, 0.25) is 0 Å². The molecule has 1 N–H and O–H groups in total. The van der Waals surface area contributed by atoms with E-state index in [9.17, 15) is 0 Å². The number of nitrogens with zero attached hydrogens (tertiary/aromatic N) is 1. The normalized spacial score (nSPS) is 16.5. The lowest BCUT2D eigenvalue weighted by atomic mass is 9.95. The van der Waals surface area contributed by atoms with Crippen molar-refractivity contribution in [3.8, 4) is 0 Å². The van der Waals surface area contributed by atoms with E-state index in [1.165, 1.54) is 6.33 Å². The minimum absolute atomic E-state index is 0.628. The lowest BCUT2D eigenvalue weighted by molar-refractivity contribution is 0.871. The third kappa shape index (κ3) is 1.80. The van der Waals surface area contributed by atoms with Gasteiger partial charge in [-0.1, -0.05) is 25.1 Å². The summed E-state index contributed by atoms with van der Waals surface area (Å²) >= 11 is 0. The van der Waals surface area contributed by atoms with Crippen molar-refractivity contribution in [3.05, 3.63) is 53.1 Å². The van der Waals surface area contributed by atoms with E-state index in [-0.39, 0.29) is 0 Å². The number of hydrogen-bond acceptors (Lipinski definition) is 1. The van der Waals surface area contributed by atoms with Crippen molar-refractivity contribution < 1.29 is 4.11 Å². The molecule has 78 valence electrons. The van der Waals surface area contributed by atoms with E-state index in [4.69, 9.17) is 4.11 Å². The summed E-state index contributed by atoms with van der Waals surface area (Å²) in [4.78, 5) is 6.85. The lowest BCUT2D eigenvalue weighted by Gasteiger charge is -2.14. The second-order valence-corrected chi connectivity index (χ2v) is 3.73. The zero-order valence-corrected chi connectivity index (χ0v) is 8.91. The molecule has 0 aliphatic rings. The Morgan fingerprint density at radius 2 is 2.27 bits per heavy atom. The van der Waals surface area contributed by atoms with Crippen molar-refractivity contribution in [1.82, 2.24) is 9.97 Å².